The molecule has 0 amide bonds. The Morgan fingerprint density at radius 1 is 1.07 bits per heavy atom. The normalized spacial score (nSPS) is 10.7. The van der Waals surface area contributed by atoms with Crippen LogP contribution in [0.4, 0.5) is 5.95 Å². The Bertz CT molecular complexity index is 1200. The highest BCUT2D eigenvalue weighted by Gasteiger charge is 2.11. The van der Waals surface area contributed by atoms with Gasteiger partial charge in [0.1, 0.15) is 0 Å². The largest absolute Gasteiger partial charge is 0.348 e. The summed E-state index contributed by atoms with van der Waals surface area (Å²) in [5.74, 6) is 0.263. The monoisotopic (exact) mass is 402 g/mol. The molecule has 1 aromatic carbocycles. The first-order valence-corrected chi connectivity index (χ1v) is 9.89. The molecule has 0 fully saturated rings. The van der Waals surface area contributed by atoms with E-state index in [-0.39, 0.29) is 17.9 Å². The number of pyridine rings is 1. The van der Waals surface area contributed by atoms with Gasteiger partial charge in [0.05, 0.1) is 12.2 Å². The number of ketones is 1. The third-order valence-electron chi connectivity index (χ3n) is 4.51. The number of carbonyl (C=O) groups excluding carboxylic acids is 1. The molecular weight excluding hydrogens is 384 g/mol. The summed E-state index contributed by atoms with van der Waals surface area (Å²) in [5.41, 5.74) is 2.73. The third kappa shape index (κ3) is 4.14. The van der Waals surface area contributed by atoms with E-state index in [1.807, 2.05) is 35.7 Å². The molecule has 0 unspecified atom stereocenters. The number of hydrogen-bond donors (Lipinski definition) is 1. The first kappa shape index (κ1) is 18.8. The molecule has 144 valence electrons. The maximum atomic E-state index is 12.7. The number of nitrogens with zero attached hydrogens (tertiary/aromatic N) is 3. The van der Waals surface area contributed by atoms with E-state index in [1.54, 1.807) is 49.0 Å². The molecule has 0 aliphatic heterocycles. The quantitative estimate of drug-likeness (QED) is 0.496. The van der Waals surface area contributed by atoms with Crippen molar-refractivity contribution in [3.8, 4) is 21.7 Å². The molecule has 1 N–H and O–H groups in total. The summed E-state index contributed by atoms with van der Waals surface area (Å²) in [7, 11) is 1.62. The molecule has 0 spiro atoms. The molecule has 0 saturated carbocycles. The van der Waals surface area contributed by atoms with Gasteiger partial charge in [-0.05, 0) is 35.2 Å². The van der Waals surface area contributed by atoms with Gasteiger partial charge in [-0.1, -0.05) is 24.3 Å². The van der Waals surface area contributed by atoms with E-state index in [2.05, 4.69) is 15.3 Å². The maximum absolute atomic E-state index is 12.7. The van der Waals surface area contributed by atoms with Crippen LogP contribution in [-0.4, -0.2) is 26.9 Å². The fourth-order valence-electron chi connectivity index (χ4n) is 2.92. The number of thiophene rings is 1. The zero-order chi connectivity index (χ0) is 20.2. The topological polar surface area (TPSA) is 76.9 Å². The highest BCUT2D eigenvalue weighted by Crippen LogP contribution is 2.25. The van der Waals surface area contributed by atoms with E-state index < -0.39 is 0 Å². The Morgan fingerprint density at radius 2 is 1.90 bits per heavy atom. The van der Waals surface area contributed by atoms with Gasteiger partial charge in [0.25, 0.3) is 5.56 Å². The molecule has 4 aromatic rings. The Balaban J connectivity index is 1.55. The highest BCUT2D eigenvalue weighted by atomic mass is 32.1. The molecule has 4 rings (SSSR count). The van der Waals surface area contributed by atoms with Crippen LogP contribution in [0.2, 0.25) is 0 Å². The van der Waals surface area contributed by atoms with E-state index in [0.29, 0.717) is 17.2 Å². The summed E-state index contributed by atoms with van der Waals surface area (Å²) in [6.45, 7) is 0.0357. The van der Waals surface area contributed by atoms with Crippen LogP contribution >= 0.6 is 11.3 Å². The van der Waals surface area contributed by atoms with Crippen molar-refractivity contribution in [1.29, 1.82) is 0 Å². The second-order valence-electron chi connectivity index (χ2n) is 6.43. The van der Waals surface area contributed by atoms with Crippen LogP contribution in [-0.2, 0) is 7.05 Å². The van der Waals surface area contributed by atoms with Crippen LogP contribution in [0, 0.1) is 0 Å². The van der Waals surface area contributed by atoms with Crippen molar-refractivity contribution in [2.45, 2.75) is 0 Å². The Morgan fingerprint density at radius 3 is 2.66 bits per heavy atom. The van der Waals surface area contributed by atoms with Crippen molar-refractivity contribution < 1.29 is 4.79 Å². The van der Waals surface area contributed by atoms with Gasteiger partial charge in [-0.2, -0.15) is 0 Å². The van der Waals surface area contributed by atoms with Crippen molar-refractivity contribution >= 4 is 23.1 Å². The smallest absolute Gasteiger partial charge is 0.255 e. The molecule has 0 aliphatic rings. The van der Waals surface area contributed by atoms with Gasteiger partial charge < -0.3 is 5.32 Å². The summed E-state index contributed by atoms with van der Waals surface area (Å²) in [6, 6.07) is 16.6. The number of rotatable bonds is 6. The number of carbonyl (C=O) groups is 1. The lowest BCUT2D eigenvalue weighted by molar-refractivity contribution is 0.101. The fraction of sp³-hybridized carbons (Fsp3) is 0.0909. The van der Waals surface area contributed by atoms with E-state index in [9.17, 15) is 9.59 Å². The average molecular weight is 402 g/mol. The number of nitrogens with one attached hydrogen (secondary N) is 1. The van der Waals surface area contributed by atoms with Crippen LogP contribution in [0.1, 0.15) is 10.4 Å². The summed E-state index contributed by atoms with van der Waals surface area (Å²) in [6.07, 6.45) is 3.29. The minimum absolute atomic E-state index is 0.0357. The van der Waals surface area contributed by atoms with Gasteiger partial charge in [-0.25, -0.2) is 4.98 Å². The third-order valence-corrected chi connectivity index (χ3v) is 5.43. The summed E-state index contributed by atoms with van der Waals surface area (Å²) in [4.78, 5) is 34.6. The number of Topliss-reactive ketones (excluding diaryl/α,β-unsaturated/α-hetero) is 1. The zero-order valence-electron chi connectivity index (χ0n) is 15.7. The fourth-order valence-corrected chi connectivity index (χ4v) is 3.64. The van der Waals surface area contributed by atoms with Gasteiger partial charge in [0.15, 0.2) is 5.78 Å². The number of anilines is 1. The molecular formula is C22H18N4O2S. The van der Waals surface area contributed by atoms with E-state index in [0.717, 1.165) is 16.0 Å². The van der Waals surface area contributed by atoms with Crippen LogP contribution < -0.4 is 10.9 Å². The van der Waals surface area contributed by atoms with Gasteiger partial charge in [0, 0.05) is 41.5 Å². The Hall–Kier alpha value is -3.58. The van der Waals surface area contributed by atoms with E-state index in [4.69, 9.17) is 0 Å². The zero-order valence-corrected chi connectivity index (χ0v) is 16.5. The van der Waals surface area contributed by atoms with Gasteiger partial charge in [-0.3, -0.25) is 19.1 Å². The molecule has 3 heterocycles. The molecule has 0 atom stereocenters. The predicted molar refractivity (Wildman–Crippen MR) is 115 cm³/mol. The second kappa shape index (κ2) is 8.20. The van der Waals surface area contributed by atoms with Crippen molar-refractivity contribution in [1.82, 2.24) is 14.5 Å². The minimum atomic E-state index is -0.207. The molecule has 7 heteroatoms. The van der Waals surface area contributed by atoms with Crippen LogP contribution in [0.5, 0.6) is 0 Å². The predicted octanol–water partition coefficient (Wildman–Crippen LogP) is 3.87. The number of aromatic nitrogens is 3. The van der Waals surface area contributed by atoms with E-state index in [1.165, 1.54) is 10.6 Å². The van der Waals surface area contributed by atoms with Crippen molar-refractivity contribution in [2.24, 2.45) is 7.05 Å². The average Bonchev–Trinajstić information content (AvgIpc) is 3.30. The maximum Gasteiger partial charge on any atom is 0.255 e. The molecule has 0 saturated heterocycles. The molecule has 0 aliphatic carbocycles. The van der Waals surface area contributed by atoms with Gasteiger partial charge >= 0.3 is 0 Å². The first-order chi connectivity index (χ1) is 14.1. The molecule has 6 nitrogen and oxygen atoms in total. The summed E-state index contributed by atoms with van der Waals surface area (Å²) < 4.78 is 1.39. The lowest BCUT2D eigenvalue weighted by atomic mass is 10.1. The van der Waals surface area contributed by atoms with Gasteiger partial charge in [0.2, 0.25) is 5.95 Å². The standard InChI is InChI=1S/C22H18N4O2S/c1-26-21(28)13-18(15-7-9-23-10-8-15)25-22(26)24-14-19(27)16-4-2-5-17(12-16)20-6-3-11-29-20/h2-13H,14H2,1H3,(H,24,25). The SMILES string of the molecule is Cn1c(NCC(=O)c2cccc(-c3cccs3)c2)nc(-c2ccncc2)cc1=O. The first-order valence-electron chi connectivity index (χ1n) is 9.01. The highest BCUT2D eigenvalue weighted by molar-refractivity contribution is 7.13. The Labute approximate surface area is 171 Å². The van der Waals surface area contributed by atoms with Crippen LogP contribution in [0.15, 0.2) is 77.2 Å². The minimum Gasteiger partial charge on any atom is -0.348 e. The van der Waals surface area contributed by atoms with Gasteiger partial charge in [-0.15, -0.1) is 11.3 Å². The van der Waals surface area contributed by atoms with Crippen LogP contribution in [0.3, 0.4) is 0 Å². The summed E-state index contributed by atoms with van der Waals surface area (Å²) in [5, 5.41) is 5.01. The molecule has 0 radical (unpaired) electrons. The number of hydrogen-bond acceptors (Lipinski definition) is 6. The van der Waals surface area contributed by atoms with E-state index >= 15 is 0 Å². The number of benzene rings is 1. The van der Waals surface area contributed by atoms with Crippen molar-refractivity contribution in [3.05, 3.63) is 88.3 Å². The lowest BCUT2D eigenvalue weighted by Crippen LogP contribution is -2.24. The summed E-state index contributed by atoms with van der Waals surface area (Å²) >= 11 is 1.63. The van der Waals surface area contributed by atoms with Crippen molar-refractivity contribution in [2.75, 3.05) is 11.9 Å². The lowest BCUT2D eigenvalue weighted by Gasteiger charge is -2.11. The molecule has 29 heavy (non-hydrogen) atoms. The Kier molecular flexibility index (Phi) is 5.31. The molecule has 0 bridgehead atoms. The molecule has 3 aromatic heterocycles. The van der Waals surface area contributed by atoms with Crippen molar-refractivity contribution in [3.63, 3.8) is 0 Å². The van der Waals surface area contributed by atoms with Crippen LogP contribution in [0.25, 0.3) is 21.7 Å². The second-order valence-corrected chi connectivity index (χ2v) is 7.38.